The number of benzene rings is 1. The normalized spacial score (nSPS) is 14.7. The Kier molecular flexibility index (Phi) is 4.56. The fourth-order valence-corrected chi connectivity index (χ4v) is 4.97. The van der Waals surface area contributed by atoms with E-state index in [1.807, 2.05) is 13.8 Å². The molecular weight excluding hydrogens is 352 g/mol. The van der Waals surface area contributed by atoms with Gasteiger partial charge in [0, 0.05) is 25.2 Å². The second-order valence-corrected chi connectivity index (χ2v) is 8.57. The number of fused-ring (bicyclic) bond motifs is 1. The van der Waals surface area contributed by atoms with Gasteiger partial charge in [0.05, 0.1) is 17.1 Å². The van der Waals surface area contributed by atoms with E-state index in [-0.39, 0.29) is 16.8 Å². The van der Waals surface area contributed by atoms with Gasteiger partial charge in [-0.2, -0.15) is 5.10 Å². The zero-order valence-electron chi connectivity index (χ0n) is 15.7. The van der Waals surface area contributed by atoms with Crippen molar-refractivity contribution in [3.8, 4) is 0 Å². The topological polar surface area (TPSA) is 84.3 Å². The van der Waals surface area contributed by atoms with Gasteiger partial charge in [-0.1, -0.05) is 6.07 Å². The fourth-order valence-electron chi connectivity index (χ4n) is 3.47. The number of nitrogens with one attached hydrogen (secondary N) is 1. The molecule has 2 aromatic rings. The van der Waals surface area contributed by atoms with Crippen LogP contribution >= 0.6 is 0 Å². The first kappa shape index (κ1) is 18.4. The van der Waals surface area contributed by atoms with Gasteiger partial charge in [0.1, 0.15) is 4.90 Å². The van der Waals surface area contributed by atoms with Gasteiger partial charge >= 0.3 is 0 Å². The molecule has 1 aromatic carbocycles. The minimum absolute atomic E-state index is 0.0651. The van der Waals surface area contributed by atoms with Crippen LogP contribution in [-0.2, 0) is 16.4 Å². The SMILES string of the molecule is Cc1nn(C(C)C)c(C)c1S(=O)(=O)Nc1cccc2c1CCN(C)C2=O. The third-order valence-corrected chi connectivity index (χ3v) is 6.33. The highest BCUT2D eigenvalue weighted by Gasteiger charge is 2.29. The highest BCUT2D eigenvalue weighted by atomic mass is 32.2. The second-order valence-electron chi connectivity index (χ2n) is 6.95. The van der Waals surface area contributed by atoms with Crippen LogP contribution in [-0.4, -0.2) is 42.6 Å². The molecule has 0 unspecified atom stereocenters. The Hall–Kier alpha value is -2.35. The maximum atomic E-state index is 13.1. The number of nitrogens with zero attached hydrogens (tertiary/aromatic N) is 3. The van der Waals surface area contributed by atoms with Gasteiger partial charge in [-0.05, 0) is 51.8 Å². The summed E-state index contributed by atoms with van der Waals surface area (Å²) in [6.45, 7) is 7.93. The second kappa shape index (κ2) is 6.42. The molecule has 0 saturated heterocycles. The number of aryl methyl sites for hydroxylation is 1. The Bertz CT molecular complexity index is 977. The summed E-state index contributed by atoms with van der Waals surface area (Å²) in [7, 11) is -2.06. The van der Waals surface area contributed by atoms with Crippen molar-refractivity contribution in [1.29, 1.82) is 0 Å². The Morgan fingerprint density at radius 3 is 2.54 bits per heavy atom. The molecule has 0 spiro atoms. The fraction of sp³-hybridized carbons (Fsp3) is 0.444. The number of carbonyl (C=O) groups is 1. The van der Waals surface area contributed by atoms with Crippen molar-refractivity contribution in [3.05, 3.63) is 40.7 Å². The van der Waals surface area contributed by atoms with Gasteiger partial charge in [-0.15, -0.1) is 0 Å². The molecule has 1 aromatic heterocycles. The van der Waals surface area contributed by atoms with Crippen molar-refractivity contribution < 1.29 is 13.2 Å². The van der Waals surface area contributed by atoms with Crippen LogP contribution in [0.5, 0.6) is 0 Å². The summed E-state index contributed by atoms with van der Waals surface area (Å²) in [6.07, 6.45) is 0.611. The van der Waals surface area contributed by atoms with E-state index in [2.05, 4.69) is 9.82 Å². The Morgan fingerprint density at radius 2 is 1.92 bits per heavy atom. The number of anilines is 1. The number of likely N-dealkylation sites (N-methyl/N-ethyl adjacent to an activating group) is 1. The summed E-state index contributed by atoms with van der Waals surface area (Å²) in [6, 6.07) is 5.20. The molecule has 8 heteroatoms. The van der Waals surface area contributed by atoms with E-state index < -0.39 is 10.0 Å². The molecule has 26 heavy (non-hydrogen) atoms. The first-order valence-electron chi connectivity index (χ1n) is 8.59. The van der Waals surface area contributed by atoms with Gasteiger partial charge in [0.25, 0.3) is 15.9 Å². The lowest BCUT2D eigenvalue weighted by Crippen LogP contribution is -2.34. The molecule has 0 radical (unpaired) electrons. The lowest BCUT2D eigenvalue weighted by atomic mass is 9.98. The highest BCUT2D eigenvalue weighted by molar-refractivity contribution is 7.92. The number of hydrogen-bond acceptors (Lipinski definition) is 4. The van der Waals surface area contributed by atoms with E-state index in [4.69, 9.17) is 0 Å². The molecule has 7 nitrogen and oxygen atoms in total. The molecule has 140 valence electrons. The molecule has 1 N–H and O–H groups in total. The van der Waals surface area contributed by atoms with E-state index in [0.29, 0.717) is 35.6 Å². The first-order chi connectivity index (χ1) is 12.1. The van der Waals surface area contributed by atoms with Crippen molar-refractivity contribution >= 4 is 21.6 Å². The van der Waals surface area contributed by atoms with Gasteiger partial charge in [0.2, 0.25) is 0 Å². The van der Waals surface area contributed by atoms with Crippen molar-refractivity contribution in [2.24, 2.45) is 0 Å². The van der Waals surface area contributed by atoms with Crippen LogP contribution in [0.3, 0.4) is 0 Å². The summed E-state index contributed by atoms with van der Waals surface area (Å²) in [5.74, 6) is -0.0905. The van der Waals surface area contributed by atoms with E-state index in [9.17, 15) is 13.2 Å². The third kappa shape index (κ3) is 2.98. The minimum Gasteiger partial charge on any atom is -0.341 e. The van der Waals surface area contributed by atoms with E-state index in [0.717, 1.165) is 5.56 Å². The van der Waals surface area contributed by atoms with Crippen molar-refractivity contribution in [2.45, 2.75) is 45.1 Å². The molecule has 0 fully saturated rings. The number of aromatic nitrogens is 2. The molecule has 1 aliphatic heterocycles. The lowest BCUT2D eigenvalue weighted by Gasteiger charge is -2.26. The maximum Gasteiger partial charge on any atom is 0.265 e. The highest BCUT2D eigenvalue weighted by Crippen LogP contribution is 2.29. The van der Waals surface area contributed by atoms with Crippen molar-refractivity contribution in [2.75, 3.05) is 18.3 Å². The molecule has 3 rings (SSSR count). The zero-order valence-corrected chi connectivity index (χ0v) is 16.5. The molecule has 1 amide bonds. The Balaban J connectivity index is 2.04. The van der Waals surface area contributed by atoms with Crippen LogP contribution in [0, 0.1) is 13.8 Å². The maximum absolute atomic E-state index is 13.1. The van der Waals surface area contributed by atoms with Crippen LogP contribution in [0.2, 0.25) is 0 Å². The summed E-state index contributed by atoms with van der Waals surface area (Å²) < 4.78 is 30.5. The van der Waals surface area contributed by atoms with Gasteiger partial charge in [-0.25, -0.2) is 8.42 Å². The standard InChI is InChI=1S/C18H24N4O3S/c1-11(2)22-13(4)17(12(3)19-22)26(24,25)20-16-8-6-7-15-14(16)9-10-21(5)18(15)23/h6-8,11,20H,9-10H2,1-5H3. The smallest absolute Gasteiger partial charge is 0.265 e. The minimum atomic E-state index is -3.81. The van der Waals surface area contributed by atoms with E-state index >= 15 is 0 Å². The van der Waals surface area contributed by atoms with Crippen LogP contribution in [0.1, 0.15) is 47.2 Å². The number of amides is 1. The number of carbonyl (C=O) groups excluding carboxylic acids is 1. The summed E-state index contributed by atoms with van der Waals surface area (Å²) in [5.41, 5.74) is 2.81. The predicted molar refractivity (Wildman–Crippen MR) is 100 cm³/mol. The molecule has 0 bridgehead atoms. The first-order valence-corrected chi connectivity index (χ1v) is 10.1. The molecular formula is C18H24N4O3S. The Labute approximate surface area is 154 Å². The quantitative estimate of drug-likeness (QED) is 0.889. The average molecular weight is 376 g/mol. The van der Waals surface area contributed by atoms with Crippen molar-refractivity contribution in [3.63, 3.8) is 0 Å². The molecule has 0 atom stereocenters. The van der Waals surface area contributed by atoms with Gasteiger partial charge in [0.15, 0.2) is 0 Å². The third-order valence-electron chi connectivity index (χ3n) is 4.71. The largest absolute Gasteiger partial charge is 0.341 e. The summed E-state index contributed by atoms with van der Waals surface area (Å²) >= 11 is 0. The van der Waals surface area contributed by atoms with Crippen LogP contribution in [0.15, 0.2) is 23.1 Å². The van der Waals surface area contributed by atoms with Gasteiger partial charge in [-0.3, -0.25) is 14.2 Å². The molecule has 0 saturated carbocycles. The van der Waals surface area contributed by atoms with Crippen LogP contribution in [0.4, 0.5) is 5.69 Å². The lowest BCUT2D eigenvalue weighted by molar-refractivity contribution is 0.0781. The Morgan fingerprint density at radius 1 is 1.23 bits per heavy atom. The van der Waals surface area contributed by atoms with Crippen molar-refractivity contribution in [1.82, 2.24) is 14.7 Å². The molecule has 2 heterocycles. The average Bonchev–Trinajstić information content (AvgIpc) is 2.86. The number of rotatable bonds is 4. The molecule has 0 aliphatic carbocycles. The predicted octanol–water partition coefficient (Wildman–Crippen LogP) is 2.51. The van der Waals surface area contributed by atoms with Gasteiger partial charge < -0.3 is 4.90 Å². The van der Waals surface area contributed by atoms with Crippen LogP contribution < -0.4 is 4.72 Å². The number of sulfonamides is 1. The summed E-state index contributed by atoms with van der Waals surface area (Å²) in [5, 5.41) is 4.36. The monoisotopic (exact) mass is 376 g/mol. The zero-order chi connectivity index (χ0) is 19.2. The van der Waals surface area contributed by atoms with E-state index in [1.165, 1.54) is 0 Å². The number of hydrogen-bond donors (Lipinski definition) is 1. The molecule has 1 aliphatic rings. The summed E-state index contributed by atoms with van der Waals surface area (Å²) in [4.78, 5) is 14.2. The van der Waals surface area contributed by atoms with E-state index in [1.54, 1.807) is 48.7 Å². The van der Waals surface area contributed by atoms with Crippen LogP contribution in [0.25, 0.3) is 0 Å².